The normalized spacial score (nSPS) is 15.1. The highest BCUT2D eigenvalue weighted by molar-refractivity contribution is 5.65. The van der Waals surface area contributed by atoms with Crippen LogP contribution in [0.2, 0.25) is 0 Å². The van der Waals surface area contributed by atoms with Gasteiger partial charge in [0.25, 0.3) is 6.47 Å². The quantitative estimate of drug-likeness (QED) is 0.280. The Hall–Kier alpha value is -2.98. The molecule has 3 aromatic rings. The highest BCUT2D eigenvalue weighted by Gasteiger charge is 2.33. The molecule has 4 rings (SSSR count). The van der Waals surface area contributed by atoms with Crippen molar-refractivity contribution in [2.75, 3.05) is 0 Å². The lowest BCUT2D eigenvalue weighted by Gasteiger charge is -2.34. The zero-order valence-corrected chi connectivity index (χ0v) is 22.8. The molecule has 1 heterocycles. The van der Waals surface area contributed by atoms with Gasteiger partial charge in [-0.1, -0.05) is 69.2 Å². The summed E-state index contributed by atoms with van der Waals surface area (Å²) in [6.07, 6.45) is 9.80. The van der Waals surface area contributed by atoms with Crippen molar-refractivity contribution in [2.45, 2.75) is 96.7 Å². The average Bonchev–Trinajstić information content (AvgIpc) is 3.35. The molecular weight excluding hydrogens is 458 g/mol. The van der Waals surface area contributed by atoms with E-state index < -0.39 is 5.60 Å². The highest BCUT2D eigenvalue weighted by atomic mass is 16.5. The largest absolute Gasteiger partial charge is 0.463 e. The summed E-state index contributed by atoms with van der Waals surface area (Å²) in [6, 6.07) is 17.7. The van der Waals surface area contributed by atoms with Crippen molar-refractivity contribution < 1.29 is 14.6 Å². The molecule has 1 saturated carbocycles. The molecule has 0 amide bonds. The van der Waals surface area contributed by atoms with E-state index in [1.54, 1.807) is 6.20 Å². The Balaban J connectivity index is 1.59. The molecule has 0 bridgehead atoms. The van der Waals surface area contributed by atoms with Gasteiger partial charge in [0, 0.05) is 22.7 Å². The minimum atomic E-state index is -0.459. The van der Waals surface area contributed by atoms with Crippen molar-refractivity contribution >= 4 is 6.47 Å². The van der Waals surface area contributed by atoms with Crippen LogP contribution in [0.3, 0.4) is 0 Å². The maximum Gasteiger partial charge on any atom is 0.293 e. The lowest BCUT2D eigenvalue weighted by Crippen LogP contribution is -2.27. The van der Waals surface area contributed by atoms with E-state index in [1.807, 2.05) is 12.1 Å². The first-order chi connectivity index (χ1) is 17.8. The summed E-state index contributed by atoms with van der Waals surface area (Å²) in [7, 11) is 0. The summed E-state index contributed by atoms with van der Waals surface area (Å²) in [4.78, 5) is 15.1. The van der Waals surface area contributed by atoms with Gasteiger partial charge in [0.05, 0.1) is 11.3 Å². The van der Waals surface area contributed by atoms with Crippen molar-refractivity contribution in [1.29, 1.82) is 0 Å². The number of aliphatic hydroxyl groups is 1. The molecule has 1 aliphatic rings. The molecule has 0 aliphatic heterocycles. The van der Waals surface area contributed by atoms with Gasteiger partial charge in [0.2, 0.25) is 0 Å². The number of carbonyl (C=O) groups is 1. The number of hydrogen-bond donors (Lipinski definition) is 1. The number of pyridine rings is 1. The number of rotatable bonds is 11. The molecule has 37 heavy (non-hydrogen) atoms. The molecule has 1 aliphatic carbocycles. The summed E-state index contributed by atoms with van der Waals surface area (Å²) in [6.45, 7) is 9.64. The molecule has 0 unspecified atom stereocenters. The van der Waals surface area contributed by atoms with Gasteiger partial charge in [-0.25, -0.2) is 0 Å². The Labute approximate surface area is 222 Å². The Morgan fingerprint density at radius 3 is 2.22 bits per heavy atom. The fraction of sp³-hybridized carbons (Fsp3) is 0.455. The van der Waals surface area contributed by atoms with Gasteiger partial charge >= 0.3 is 0 Å². The van der Waals surface area contributed by atoms with E-state index in [9.17, 15) is 9.90 Å². The van der Waals surface area contributed by atoms with Gasteiger partial charge in [0.1, 0.15) is 6.61 Å². The molecule has 4 nitrogen and oxygen atoms in total. The zero-order chi connectivity index (χ0) is 26.5. The van der Waals surface area contributed by atoms with E-state index in [2.05, 4.69) is 69.1 Å². The Bertz CT molecular complexity index is 1200. The number of aromatic nitrogens is 1. The van der Waals surface area contributed by atoms with Crippen LogP contribution >= 0.6 is 0 Å². The highest BCUT2D eigenvalue weighted by Crippen LogP contribution is 2.41. The lowest BCUT2D eigenvalue weighted by molar-refractivity contribution is -0.129. The SMILES string of the molecule is CCC(CC)(c1ccc(CCC2(O)CCCC2)c(C)c1)c1ccc(-c2ccc(COC=O)cn2)c(C)c1. The van der Waals surface area contributed by atoms with Crippen LogP contribution in [0.4, 0.5) is 0 Å². The summed E-state index contributed by atoms with van der Waals surface area (Å²) in [5.74, 6) is 0. The maximum absolute atomic E-state index is 10.8. The molecule has 0 saturated heterocycles. The van der Waals surface area contributed by atoms with Crippen LogP contribution in [0.25, 0.3) is 11.3 Å². The van der Waals surface area contributed by atoms with Crippen LogP contribution in [0.15, 0.2) is 54.7 Å². The number of aryl methyl sites for hydroxylation is 3. The van der Waals surface area contributed by atoms with Crippen LogP contribution < -0.4 is 0 Å². The van der Waals surface area contributed by atoms with Crippen molar-refractivity contribution in [1.82, 2.24) is 4.98 Å². The smallest absolute Gasteiger partial charge is 0.293 e. The molecule has 2 aromatic carbocycles. The molecule has 0 atom stereocenters. The van der Waals surface area contributed by atoms with Crippen LogP contribution in [-0.4, -0.2) is 22.2 Å². The van der Waals surface area contributed by atoms with Crippen LogP contribution in [0, 0.1) is 13.8 Å². The molecule has 0 spiro atoms. The van der Waals surface area contributed by atoms with Gasteiger partial charge < -0.3 is 9.84 Å². The fourth-order valence-corrected chi connectivity index (χ4v) is 6.21. The van der Waals surface area contributed by atoms with Gasteiger partial charge in [0.15, 0.2) is 0 Å². The first kappa shape index (κ1) is 27.1. The fourth-order valence-electron chi connectivity index (χ4n) is 6.21. The van der Waals surface area contributed by atoms with Crippen molar-refractivity contribution in [3.8, 4) is 11.3 Å². The van der Waals surface area contributed by atoms with E-state index in [4.69, 9.17) is 4.74 Å². The predicted octanol–water partition coefficient (Wildman–Crippen LogP) is 7.38. The second-order valence-electron chi connectivity index (χ2n) is 10.9. The summed E-state index contributed by atoms with van der Waals surface area (Å²) < 4.78 is 4.83. The molecule has 0 radical (unpaired) electrons. The molecule has 1 N–H and O–H groups in total. The topological polar surface area (TPSA) is 59.4 Å². The number of nitrogens with zero attached hydrogens (tertiary/aromatic N) is 1. The number of carbonyl (C=O) groups excluding carboxylic acids is 1. The van der Waals surface area contributed by atoms with Crippen molar-refractivity contribution in [3.05, 3.63) is 88.1 Å². The van der Waals surface area contributed by atoms with E-state index in [1.165, 1.54) is 27.8 Å². The van der Waals surface area contributed by atoms with E-state index >= 15 is 0 Å². The van der Waals surface area contributed by atoms with Gasteiger partial charge in [-0.2, -0.15) is 0 Å². The third-order valence-electron chi connectivity index (χ3n) is 8.69. The summed E-state index contributed by atoms with van der Waals surface area (Å²) >= 11 is 0. The summed E-state index contributed by atoms with van der Waals surface area (Å²) in [5.41, 5.74) is 8.96. The van der Waals surface area contributed by atoms with Gasteiger partial charge in [-0.05, 0) is 86.3 Å². The second kappa shape index (κ2) is 11.6. The third-order valence-corrected chi connectivity index (χ3v) is 8.69. The molecule has 4 heteroatoms. The number of hydrogen-bond acceptors (Lipinski definition) is 4. The van der Waals surface area contributed by atoms with E-state index in [0.717, 1.165) is 68.2 Å². The number of benzene rings is 2. The van der Waals surface area contributed by atoms with Crippen LogP contribution in [0.5, 0.6) is 0 Å². The van der Waals surface area contributed by atoms with E-state index in [-0.39, 0.29) is 12.0 Å². The maximum atomic E-state index is 10.8. The second-order valence-corrected chi connectivity index (χ2v) is 10.9. The lowest BCUT2D eigenvalue weighted by atomic mass is 9.69. The Morgan fingerprint density at radius 2 is 1.65 bits per heavy atom. The molecular formula is C33H41NO3. The van der Waals surface area contributed by atoms with Gasteiger partial charge in [-0.3, -0.25) is 9.78 Å². The Kier molecular flexibility index (Phi) is 8.49. The third kappa shape index (κ3) is 5.80. The predicted molar refractivity (Wildman–Crippen MR) is 150 cm³/mol. The van der Waals surface area contributed by atoms with Gasteiger partial charge in [-0.15, -0.1) is 0 Å². The van der Waals surface area contributed by atoms with Crippen LogP contribution in [0.1, 0.15) is 92.2 Å². The van der Waals surface area contributed by atoms with Crippen LogP contribution in [-0.2, 0) is 28.0 Å². The standard InChI is InChI=1S/C33H41NO3/c1-5-33(6-2,28-11-10-27(24(3)19-28)15-18-32(36)16-7-8-17-32)29-12-13-30(25(4)20-29)31-14-9-26(21-34-31)22-37-23-35/h9-14,19-21,23,36H,5-8,15-18,22H2,1-4H3. The first-order valence-corrected chi connectivity index (χ1v) is 13.8. The average molecular weight is 500 g/mol. The molecule has 196 valence electrons. The van der Waals surface area contributed by atoms with Crippen molar-refractivity contribution in [2.24, 2.45) is 0 Å². The van der Waals surface area contributed by atoms with E-state index in [0.29, 0.717) is 6.47 Å². The summed E-state index contributed by atoms with van der Waals surface area (Å²) in [5, 5.41) is 10.8. The molecule has 1 aromatic heterocycles. The monoisotopic (exact) mass is 499 g/mol. The number of ether oxygens (including phenoxy) is 1. The minimum absolute atomic E-state index is 0.0559. The van der Waals surface area contributed by atoms with Crippen molar-refractivity contribution in [3.63, 3.8) is 0 Å². The molecule has 1 fully saturated rings. The first-order valence-electron chi connectivity index (χ1n) is 13.8. The Morgan fingerprint density at radius 1 is 0.973 bits per heavy atom. The zero-order valence-electron chi connectivity index (χ0n) is 22.8. The minimum Gasteiger partial charge on any atom is -0.463 e.